The van der Waals surface area contributed by atoms with E-state index in [0.717, 1.165) is 27.8 Å². The molecule has 0 heterocycles. The molecule has 6 heteroatoms. The van der Waals surface area contributed by atoms with Crippen molar-refractivity contribution in [2.45, 2.75) is 12.2 Å². The molecule has 0 spiro atoms. The van der Waals surface area contributed by atoms with Crippen molar-refractivity contribution in [2.24, 2.45) is 0 Å². The van der Waals surface area contributed by atoms with E-state index in [9.17, 15) is 19.8 Å². The van der Waals surface area contributed by atoms with Crippen molar-refractivity contribution in [1.82, 2.24) is 0 Å². The minimum Gasteiger partial charge on any atom is -0.478 e. The summed E-state index contributed by atoms with van der Waals surface area (Å²) < 4.78 is 0. The van der Waals surface area contributed by atoms with Gasteiger partial charge < -0.3 is 20.4 Å². The first-order valence-corrected chi connectivity index (χ1v) is 11.3. The quantitative estimate of drug-likeness (QED) is 0.273. The zero-order valence-electron chi connectivity index (χ0n) is 19.2. The molecule has 36 heavy (non-hydrogen) atoms. The van der Waals surface area contributed by atoms with Gasteiger partial charge in [0.25, 0.3) is 0 Å². The zero-order chi connectivity index (χ0) is 25.7. The average Bonchev–Trinajstić information content (AvgIpc) is 3.23. The molecule has 0 fully saturated rings. The molecule has 4 aromatic carbocycles. The normalized spacial score (nSPS) is 16.1. The van der Waals surface area contributed by atoms with Gasteiger partial charge in [-0.15, -0.1) is 0 Å². The van der Waals surface area contributed by atoms with E-state index in [1.165, 1.54) is 5.56 Å². The predicted octanol–water partition coefficient (Wildman–Crippen LogP) is 5.28. The van der Waals surface area contributed by atoms with Crippen molar-refractivity contribution in [3.63, 3.8) is 0 Å². The summed E-state index contributed by atoms with van der Waals surface area (Å²) in [6.07, 6.45) is 0.120. The van der Waals surface area contributed by atoms with Gasteiger partial charge in [-0.05, 0) is 63.7 Å². The first kappa shape index (κ1) is 24.6. The summed E-state index contributed by atoms with van der Waals surface area (Å²) in [7, 11) is 0. The van der Waals surface area contributed by atoms with Crippen molar-refractivity contribution >= 4 is 17.5 Å². The molecule has 0 radical (unpaired) electrons. The standard InChI is InChI=1S/C16H12O2.2C7H6O2/c17-14-8-13-10-5-2-1-4-9(10)11-6-3-7-12(15(11)13)16(14)18;2*8-7(9)6-4-2-1-3-5-6/h1-8,14,16-18H;2*1-5H,(H,8,9)/t14-,16-;;/m1../s1. The maximum atomic E-state index is 10.2. The van der Waals surface area contributed by atoms with E-state index < -0.39 is 24.1 Å². The highest BCUT2D eigenvalue weighted by molar-refractivity contribution is 6.03. The lowest BCUT2D eigenvalue weighted by atomic mass is 9.87. The van der Waals surface area contributed by atoms with Crippen LogP contribution >= 0.6 is 0 Å². The number of hydrogen-bond acceptors (Lipinski definition) is 4. The Morgan fingerprint density at radius 1 is 0.556 bits per heavy atom. The average molecular weight is 481 g/mol. The van der Waals surface area contributed by atoms with E-state index in [1.54, 1.807) is 66.7 Å². The fraction of sp³-hybridized carbons (Fsp3) is 0.0667. The molecule has 0 amide bonds. The molecule has 2 aliphatic rings. The summed E-state index contributed by atoms with van der Waals surface area (Å²) in [6, 6.07) is 30.7. The van der Waals surface area contributed by atoms with E-state index in [4.69, 9.17) is 10.2 Å². The Morgan fingerprint density at radius 2 is 1.03 bits per heavy atom. The summed E-state index contributed by atoms with van der Waals surface area (Å²) in [6.45, 7) is 0. The van der Waals surface area contributed by atoms with Crippen molar-refractivity contribution < 1.29 is 30.0 Å². The van der Waals surface area contributed by atoms with E-state index in [-0.39, 0.29) is 0 Å². The van der Waals surface area contributed by atoms with Gasteiger partial charge in [0.1, 0.15) is 12.2 Å². The summed E-state index contributed by atoms with van der Waals surface area (Å²) in [5.74, 6) is -1.76. The number of aliphatic hydroxyl groups is 2. The largest absolute Gasteiger partial charge is 0.478 e. The second-order valence-electron chi connectivity index (χ2n) is 8.17. The van der Waals surface area contributed by atoms with Crippen LogP contribution in [0.15, 0.2) is 109 Å². The summed E-state index contributed by atoms with van der Waals surface area (Å²) in [5.41, 5.74) is 7.10. The first-order valence-electron chi connectivity index (χ1n) is 11.3. The third kappa shape index (κ3) is 5.10. The molecule has 0 aromatic heterocycles. The van der Waals surface area contributed by atoms with Crippen LogP contribution in [0.3, 0.4) is 0 Å². The summed E-state index contributed by atoms with van der Waals surface area (Å²) in [5, 5.41) is 36.8. The van der Waals surface area contributed by atoms with Crippen LogP contribution < -0.4 is 0 Å². The van der Waals surface area contributed by atoms with Gasteiger partial charge in [0.2, 0.25) is 0 Å². The lowest BCUT2D eigenvalue weighted by molar-refractivity contribution is 0.0467. The van der Waals surface area contributed by atoms with Crippen molar-refractivity contribution in [3.05, 3.63) is 137 Å². The van der Waals surface area contributed by atoms with Gasteiger partial charge in [-0.2, -0.15) is 0 Å². The number of carbonyl (C=O) groups is 2. The smallest absolute Gasteiger partial charge is 0.335 e. The van der Waals surface area contributed by atoms with Gasteiger partial charge in [-0.1, -0.05) is 78.9 Å². The third-order valence-electron chi connectivity index (χ3n) is 5.89. The van der Waals surface area contributed by atoms with Crippen LogP contribution in [-0.4, -0.2) is 38.5 Å². The monoisotopic (exact) mass is 480 g/mol. The van der Waals surface area contributed by atoms with E-state index in [0.29, 0.717) is 11.1 Å². The first-order chi connectivity index (χ1) is 17.4. The number of carboxylic acids is 2. The Bertz CT molecular complexity index is 1360. The molecule has 0 aliphatic heterocycles. The summed E-state index contributed by atoms with van der Waals surface area (Å²) in [4.78, 5) is 20.4. The maximum absolute atomic E-state index is 10.2. The number of carboxylic acid groups (broad SMARTS) is 2. The van der Waals surface area contributed by atoms with Gasteiger partial charge in [0, 0.05) is 0 Å². The molecule has 0 unspecified atom stereocenters. The molecule has 2 aliphatic carbocycles. The summed E-state index contributed by atoms with van der Waals surface area (Å²) >= 11 is 0. The van der Waals surface area contributed by atoms with Gasteiger partial charge in [-0.3, -0.25) is 0 Å². The van der Waals surface area contributed by atoms with Crippen molar-refractivity contribution in [2.75, 3.05) is 0 Å². The Balaban J connectivity index is 0.000000143. The van der Waals surface area contributed by atoms with Crippen LogP contribution in [0.25, 0.3) is 16.7 Å². The number of aliphatic hydroxyl groups excluding tert-OH is 2. The van der Waals surface area contributed by atoms with E-state index >= 15 is 0 Å². The maximum Gasteiger partial charge on any atom is 0.335 e. The van der Waals surface area contributed by atoms with Gasteiger partial charge in [-0.25, -0.2) is 9.59 Å². The van der Waals surface area contributed by atoms with E-state index in [2.05, 4.69) is 18.2 Å². The second-order valence-corrected chi connectivity index (χ2v) is 8.17. The van der Waals surface area contributed by atoms with E-state index in [1.807, 2.05) is 24.3 Å². The highest BCUT2D eigenvalue weighted by atomic mass is 16.4. The topological polar surface area (TPSA) is 115 Å². The fourth-order valence-corrected chi connectivity index (χ4v) is 4.21. The van der Waals surface area contributed by atoms with Crippen molar-refractivity contribution in [1.29, 1.82) is 0 Å². The molecule has 2 atom stereocenters. The third-order valence-corrected chi connectivity index (χ3v) is 5.89. The van der Waals surface area contributed by atoms with Gasteiger partial charge in [0.05, 0.1) is 11.1 Å². The Morgan fingerprint density at radius 3 is 1.53 bits per heavy atom. The SMILES string of the molecule is O=C(O)c1ccccc1.O=C(O)c1ccccc1.O[C@@H]1C=C2c3ccccc3-c3cccc(c32)[C@H]1O. The number of rotatable bonds is 2. The molecule has 4 N–H and O–H groups in total. The number of hydrogen-bond donors (Lipinski definition) is 4. The predicted molar refractivity (Wildman–Crippen MR) is 137 cm³/mol. The lowest BCUT2D eigenvalue weighted by Crippen LogP contribution is -2.20. The molecule has 0 saturated carbocycles. The van der Waals surface area contributed by atoms with Crippen molar-refractivity contribution in [3.8, 4) is 11.1 Å². The zero-order valence-corrected chi connectivity index (χ0v) is 19.2. The van der Waals surface area contributed by atoms with Gasteiger partial charge in [0.15, 0.2) is 0 Å². The van der Waals surface area contributed by atoms with Crippen LogP contribution in [0.5, 0.6) is 0 Å². The fourth-order valence-electron chi connectivity index (χ4n) is 4.21. The minimum atomic E-state index is -0.879. The number of benzene rings is 4. The van der Waals surface area contributed by atoms with Crippen LogP contribution in [0.2, 0.25) is 0 Å². The molecule has 4 aromatic rings. The number of fused-ring (bicyclic) bond motifs is 3. The lowest BCUT2D eigenvalue weighted by Gasteiger charge is -2.24. The Kier molecular flexibility index (Phi) is 7.39. The molecule has 0 saturated heterocycles. The van der Waals surface area contributed by atoms with Crippen LogP contribution in [0, 0.1) is 0 Å². The number of aromatic carboxylic acids is 2. The molecule has 180 valence electrons. The highest BCUT2D eigenvalue weighted by Crippen LogP contribution is 2.49. The Labute approximate surface area is 208 Å². The molecule has 6 nitrogen and oxygen atoms in total. The highest BCUT2D eigenvalue weighted by Gasteiger charge is 2.33. The molecule has 0 bridgehead atoms. The second kappa shape index (κ2) is 10.8. The van der Waals surface area contributed by atoms with Gasteiger partial charge >= 0.3 is 11.9 Å². The molecule has 6 rings (SSSR count). The van der Waals surface area contributed by atoms with Crippen LogP contribution in [0.4, 0.5) is 0 Å². The van der Waals surface area contributed by atoms with Crippen LogP contribution in [0.1, 0.15) is 43.5 Å². The minimum absolute atomic E-state index is 0.331. The Hall–Kier alpha value is -4.52. The molecular formula is C30H24O6. The van der Waals surface area contributed by atoms with Crippen LogP contribution in [-0.2, 0) is 0 Å². The molecular weight excluding hydrogens is 456 g/mol.